The van der Waals surface area contributed by atoms with Gasteiger partial charge in [-0.15, -0.1) is 0 Å². The number of fused-ring (bicyclic) bond motifs is 1. The highest BCUT2D eigenvalue weighted by molar-refractivity contribution is 5.90. The van der Waals surface area contributed by atoms with Crippen molar-refractivity contribution in [2.75, 3.05) is 12.3 Å². The first-order valence-corrected chi connectivity index (χ1v) is 6.60. The van der Waals surface area contributed by atoms with Gasteiger partial charge in [0.2, 0.25) is 0 Å². The number of para-hydroxylation sites is 1. The number of nitrogens with two attached hydrogens (primary N) is 1. The molecule has 2 N–H and O–H groups in total. The molecule has 1 aliphatic heterocycles. The van der Waals surface area contributed by atoms with E-state index < -0.39 is 11.8 Å². The molecule has 3 rings (SSSR count). The van der Waals surface area contributed by atoms with Crippen LogP contribution in [-0.2, 0) is 11.2 Å². The Hall–Kier alpha value is -2.56. The summed E-state index contributed by atoms with van der Waals surface area (Å²) in [7, 11) is 0. The van der Waals surface area contributed by atoms with E-state index in [9.17, 15) is 9.18 Å². The Balaban J connectivity index is 1.59. The molecule has 0 radical (unpaired) electrons. The Kier molecular flexibility index (Phi) is 3.48. The lowest BCUT2D eigenvalue weighted by atomic mass is 10.1. The third kappa shape index (κ3) is 2.81. The zero-order valence-electron chi connectivity index (χ0n) is 11.2. The Labute approximate surface area is 121 Å². The average Bonchev–Trinajstić information content (AvgIpc) is 2.90. The van der Waals surface area contributed by atoms with Gasteiger partial charge in [0.25, 0.3) is 0 Å². The molecule has 5 heteroatoms. The maximum Gasteiger partial charge on any atom is 0.338 e. The molecule has 0 amide bonds. The largest absolute Gasteiger partial charge is 0.486 e. The van der Waals surface area contributed by atoms with Crippen LogP contribution in [0.2, 0.25) is 0 Å². The Morgan fingerprint density at radius 3 is 2.90 bits per heavy atom. The monoisotopic (exact) mass is 287 g/mol. The fourth-order valence-corrected chi connectivity index (χ4v) is 2.27. The first-order chi connectivity index (χ1) is 10.1. The van der Waals surface area contributed by atoms with E-state index in [1.54, 1.807) is 0 Å². The van der Waals surface area contributed by atoms with Crippen molar-refractivity contribution < 1.29 is 18.7 Å². The third-order valence-corrected chi connectivity index (χ3v) is 3.35. The molecule has 0 bridgehead atoms. The number of anilines is 1. The van der Waals surface area contributed by atoms with Crippen LogP contribution in [0.5, 0.6) is 5.75 Å². The summed E-state index contributed by atoms with van der Waals surface area (Å²) < 4.78 is 23.9. The summed E-state index contributed by atoms with van der Waals surface area (Å²) >= 11 is 0. The van der Waals surface area contributed by atoms with E-state index in [1.807, 2.05) is 24.3 Å². The van der Waals surface area contributed by atoms with Crippen LogP contribution in [-0.4, -0.2) is 18.7 Å². The smallest absolute Gasteiger partial charge is 0.338 e. The molecule has 4 nitrogen and oxygen atoms in total. The van der Waals surface area contributed by atoms with Crippen molar-refractivity contribution >= 4 is 11.7 Å². The summed E-state index contributed by atoms with van der Waals surface area (Å²) in [5.41, 5.74) is 6.68. The molecule has 0 saturated heterocycles. The van der Waals surface area contributed by atoms with Gasteiger partial charge in [-0.25, -0.2) is 9.18 Å². The predicted molar refractivity (Wildman–Crippen MR) is 75.7 cm³/mol. The minimum absolute atomic E-state index is 0.0750. The minimum atomic E-state index is -0.555. The van der Waals surface area contributed by atoms with Gasteiger partial charge in [-0.3, -0.25) is 0 Å². The maximum atomic E-state index is 13.0. The molecule has 2 aromatic rings. The molecule has 0 aromatic heterocycles. The lowest BCUT2D eigenvalue weighted by Gasteiger charge is -2.11. The second-order valence-corrected chi connectivity index (χ2v) is 4.89. The van der Waals surface area contributed by atoms with Gasteiger partial charge in [-0.1, -0.05) is 18.2 Å². The summed E-state index contributed by atoms with van der Waals surface area (Å²) in [5.74, 6) is -0.271. The van der Waals surface area contributed by atoms with Crippen molar-refractivity contribution in [3.05, 3.63) is 59.4 Å². The minimum Gasteiger partial charge on any atom is -0.486 e. The molecule has 0 saturated carbocycles. The summed E-state index contributed by atoms with van der Waals surface area (Å²) in [6.07, 6.45) is 0.513. The summed E-state index contributed by atoms with van der Waals surface area (Å²) in [4.78, 5) is 11.9. The van der Waals surface area contributed by atoms with Gasteiger partial charge < -0.3 is 15.2 Å². The molecule has 108 valence electrons. The molecular weight excluding hydrogens is 273 g/mol. The fraction of sp³-hybridized carbons (Fsp3) is 0.188. The zero-order chi connectivity index (χ0) is 14.8. The highest BCUT2D eigenvalue weighted by atomic mass is 19.1. The molecule has 0 spiro atoms. The molecular formula is C16H14FNO3. The number of carbonyl (C=O) groups is 1. The van der Waals surface area contributed by atoms with Crippen molar-refractivity contribution in [1.82, 2.24) is 0 Å². The number of hydrogen-bond donors (Lipinski definition) is 1. The van der Waals surface area contributed by atoms with E-state index in [2.05, 4.69) is 0 Å². The van der Waals surface area contributed by atoms with Gasteiger partial charge in [-0.05, 0) is 29.8 Å². The number of carbonyl (C=O) groups excluding carboxylic acids is 1. The molecule has 2 aromatic carbocycles. The first-order valence-electron chi connectivity index (χ1n) is 6.60. The molecule has 1 aliphatic rings. The number of nitrogen functional groups attached to an aromatic ring is 1. The van der Waals surface area contributed by atoms with E-state index >= 15 is 0 Å². The van der Waals surface area contributed by atoms with Crippen molar-refractivity contribution in [3.63, 3.8) is 0 Å². The molecule has 0 fully saturated rings. The highest BCUT2D eigenvalue weighted by Gasteiger charge is 2.24. The van der Waals surface area contributed by atoms with Gasteiger partial charge in [0.1, 0.15) is 24.3 Å². The Bertz CT molecular complexity index is 662. The second-order valence-electron chi connectivity index (χ2n) is 4.89. The van der Waals surface area contributed by atoms with Crippen LogP contribution in [0.25, 0.3) is 0 Å². The van der Waals surface area contributed by atoms with Crippen LogP contribution < -0.4 is 10.5 Å². The van der Waals surface area contributed by atoms with Crippen molar-refractivity contribution in [2.45, 2.75) is 12.5 Å². The van der Waals surface area contributed by atoms with E-state index in [4.69, 9.17) is 15.2 Å². The van der Waals surface area contributed by atoms with Crippen LogP contribution in [0.15, 0.2) is 42.5 Å². The Morgan fingerprint density at radius 2 is 2.14 bits per heavy atom. The van der Waals surface area contributed by atoms with Gasteiger partial charge in [-0.2, -0.15) is 0 Å². The number of ether oxygens (including phenoxy) is 2. The van der Waals surface area contributed by atoms with Crippen molar-refractivity contribution in [1.29, 1.82) is 0 Å². The van der Waals surface area contributed by atoms with E-state index in [0.717, 1.165) is 17.4 Å². The van der Waals surface area contributed by atoms with Crippen molar-refractivity contribution in [2.24, 2.45) is 0 Å². The summed E-state index contributed by atoms with van der Waals surface area (Å²) in [6.45, 7) is 0.144. The molecule has 1 heterocycles. The van der Waals surface area contributed by atoms with Gasteiger partial charge >= 0.3 is 5.97 Å². The molecule has 1 atom stereocenters. The van der Waals surface area contributed by atoms with Crippen LogP contribution in [0, 0.1) is 5.82 Å². The lowest BCUT2D eigenvalue weighted by Crippen LogP contribution is -2.23. The van der Waals surface area contributed by atoms with E-state index in [-0.39, 0.29) is 24.0 Å². The number of esters is 1. The zero-order valence-corrected chi connectivity index (χ0v) is 11.2. The van der Waals surface area contributed by atoms with E-state index in [1.165, 1.54) is 12.1 Å². The predicted octanol–water partition coefficient (Wildman–Crippen LogP) is 2.57. The van der Waals surface area contributed by atoms with Gasteiger partial charge in [0.05, 0.1) is 11.3 Å². The standard InChI is InChI=1S/C16H14FNO3/c17-13-6-5-11(8-14(13)18)16(19)20-9-12-7-10-3-1-2-4-15(10)21-12/h1-6,8,12H,7,9,18H2. The summed E-state index contributed by atoms with van der Waals surface area (Å²) in [6, 6.07) is 11.5. The number of rotatable bonds is 3. The van der Waals surface area contributed by atoms with E-state index in [0.29, 0.717) is 6.42 Å². The number of hydrogen-bond acceptors (Lipinski definition) is 4. The summed E-state index contributed by atoms with van der Waals surface area (Å²) in [5, 5.41) is 0. The number of benzene rings is 2. The SMILES string of the molecule is Nc1cc(C(=O)OCC2Cc3ccccc3O2)ccc1F. The molecule has 1 unspecified atom stereocenters. The highest BCUT2D eigenvalue weighted by Crippen LogP contribution is 2.28. The van der Waals surface area contributed by atoms with Gasteiger partial charge in [0, 0.05) is 6.42 Å². The fourth-order valence-electron chi connectivity index (χ4n) is 2.27. The third-order valence-electron chi connectivity index (χ3n) is 3.35. The average molecular weight is 287 g/mol. The van der Waals surface area contributed by atoms with Crippen LogP contribution in [0.4, 0.5) is 10.1 Å². The maximum absolute atomic E-state index is 13.0. The topological polar surface area (TPSA) is 61.6 Å². The van der Waals surface area contributed by atoms with Crippen LogP contribution >= 0.6 is 0 Å². The quantitative estimate of drug-likeness (QED) is 0.696. The number of halogens is 1. The normalized spacial score (nSPS) is 16.1. The van der Waals surface area contributed by atoms with Crippen LogP contribution in [0.3, 0.4) is 0 Å². The first kappa shape index (κ1) is 13.4. The van der Waals surface area contributed by atoms with Crippen LogP contribution in [0.1, 0.15) is 15.9 Å². The van der Waals surface area contributed by atoms with Crippen molar-refractivity contribution in [3.8, 4) is 5.75 Å². The molecule has 0 aliphatic carbocycles. The lowest BCUT2D eigenvalue weighted by molar-refractivity contribution is 0.0347. The Morgan fingerprint density at radius 1 is 1.33 bits per heavy atom. The second kappa shape index (κ2) is 5.44. The molecule has 21 heavy (non-hydrogen) atoms. The van der Waals surface area contributed by atoms with Gasteiger partial charge in [0.15, 0.2) is 0 Å².